The number of nitrogens with zero attached hydrogens (tertiary/aromatic N) is 1. The summed E-state index contributed by atoms with van der Waals surface area (Å²) in [6.45, 7) is 0.386. The molecule has 2 atom stereocenters. The van der Waals surface area contributed by atoms with Gasteiger partial charge in [-0.25, -0.2) is 5.43 Å². The largest absolute Gasteiger partial charge is 0.545 e. The molecular formula is C23H18N3O5-. The van der Waals surface area contributed by atoms with E-state index in [9.17, 15) is 19.5 Å². The predicted octanol–water partition coefficient (Wildman–Crippen LogP) is 1.29. The van der Waals surface area contributed by atoms with Crippen molar-refractivity contribution in [2.24, 2.45) is 11.0 Å². The number of amides is 2. The van der Waals surface area contributed by atoms with E-state index in [2.05, 4.69) is 15.8 Å². The second-order valence-electron chi connectivity index (χ2n) is 7.04. The van der Waals surface area contributed by atoms with Gasteiger partial charge in [-0.3, -0.25) is 9.59 Å². The van der Waals surface area contributed by atoms with Gasteiger partial charge in [-0.2, -0.15) is 5.10 Å². The standard InChI is InChI=1S/C23H19N3O5/c27-21-20(18(13-24-21)14-5-2-1-3-6-14)22(28)26-25-12-17-9-10-19(31-17)15-7-4-8-16(11-15)23(29)30/h1-12,18,20H,13H2,(H,24,27)(H,26,28)(H,29,30)/p-1/b25-12+/t18-,20-/m0/s1. The van der Waals surface area contributed by atoms with E-state index in [4.69, 9.17) is 4.42 Å². The Morgan fingerprint density at radius 1 is 1.10 bits per heavy atom. The molecule has 1 fully saturated rings. The SMILES string of the molecule is O=C([O-])c1cccc(-c2ccc(/C=N/NC(=O)[C@@H]3C(=O)NC[C@H]3c3ccccc3)o2)c1. The molecule has 0 spiro atoms. The first-order chi connectivity index (χ1) is 15.0. The lowest BCUT2D eigenvalue weighted by molar-refractivity contribution is -0.255. The van der Waals surface area contributed by atoms with Gasteiger partial charge in [-0.1, -0.05) is 48.5 Å². The number of hydrogen-bond acceptors (Lipinski definition) is 6. The number of hydrazone groups is 1. The van der Waals surface area contributed by atoms with Gasteiger partial charge in [0.05, 0.1) is 12.2 Å². The Morgan fingerprint density at radius 3 is 2.68 bits per heavy atom. The minimum atomic E-state index is -1.28. The maximum absolute atomic E-state index is 12.6. The normalized spacial score (nSPS) is 18.1. The zero-order valence-corrected chi connectivity index (χ0v) is 16.3. The maximum Gasteiger partial charge on any atom is 0.253 e. The predicted molar refractivity (Wildman–Crippen MR) is 110 cm³/mol. The highest BCUT2D eigenvalue weighted by atomic mass is 16.4. The van der Waals surface area contributed by atoms with E-state index in [1.54, 1.807) is 24.3 Å². The third-order valence-electron chi connectivity index (χ3n) is 5.07. The van der Waals surface area contributed by atoms with Crippen LogP contribution in [0.15, 0.2) is 76.2 Å². The van der Waals surface area contributed by atoms with Crippen molar-refractivity contribution >= 4 is 24.0 Å². The molecule has 8 nitrogen and oxygen atoms in total. The minimum Gasteiger partial charge on any atom is -0.545 e. The first kappa shape index (κ1) is 20.1. The van der Waals surface area contributed by atoms with Crippen LogP contribution in [0.3, 0.4) is 0 Å². The Hall–Kier alpha value is -4.20. The Morgan fingerprint density at radius 2 is 1.90 bits per heavy atom. The molecule has 2 heterocycles. The molecule has 8 heteroatoms. The summed E-state index contributed by atoms with van der Waals surface area (Å²) in [5.74, 6) is -2.47. The van der Waals surface area contributed by atoms with Crippen molar-refractivity contribution in [3.8, 4) is 11.3 Å². The van der Waals surface area contributed by atoms with Gasteiger partial charge in [-0.05, 0) is 29.3 Å². The minimum absolute atomic E-state index is 0.0409. The second-order valence-corrected chi connectivity index (χ2v) is 7.04. The summed E-state index contributed by atoms with van der Waals surface area (Å²) in [7, 11) is 0. The molecule has 0 radical (unpaired) electrons. The zero-order valence-electron chi connectivity index (χ0n) is 16.3. The molecule has 2 N–H and O–H groups in total. The molecule has 0 aliphatic carbocycles. The van der Waals surface area contributed by atoms with Crippen LogP contribution >= 0.6 is 0 Å². The molecule has 2 aromatic carbocycles. The zero-order chi connectivity index (χ0) is 21.8. The van der Waals surface area contributed by atoms with Crippen LogP contribution in [0.5, 0.6) is 0 Å². The van der Waals surface area contributed by atoms with E-state index in [0.717, 1.165) is 5.56 Å². The smallest absolute Gasteiger partial charge is 0.253 e. The van der Waals surface area contributed by atoms with Gasteiger partial charge in [0.25, 0.3) is 5.91 Å². The molecule has 1 saturated heterocycles. The molecule has 0 saturated carbocycles. The Bertz CT molecular complexity index is 1150. The summed E-state index contributed by atoms with van der Waals surface area (Å²) in [6, 6.07) is 18.8. The van der Waals surface area contributed by atoms with Crippen molar-refractivity contribution < 1.29 is 23.9 Å². The maximum atomic E-state index is 12.6. The van der Waals surface area contributed by atoms with E-state index in [-0.39, 0.29) is 17.4 Å². The van der Waals surface area contributed by atoms with E-state index < -0.39 is 17.8 Å². The molecule has 0 bridgehead atoms. The average molecular weight is 416 g/mol. The van der Waals surface area contributed by atoms with Crippen molar-refractivity contribution in [2.75, 3.05) is 6.54 Å². The lowest BCUT2D eigenvalue weighted by Gasteiger charge is -2.15. The first-order valence-corrected chi connectivity index (χ1v) is 9.60. The monoisotopic (exact) mass is 416 g/mol. The van der Waals surface area contributed by atoms with E-state index in [0.29, 0.717) is 23.6 Å². The summed E-state index contributed by atoms with van der Waals surface area (Å²) in [4.78, 5) is 35.8. The number of carbonyl (C=O) groups is 3. The van der Waals surface area contributed by atoms with Crippen LogP contribution in [0.25, 0.3) is 11.3 Å². The van der Waals surface area contributed by atoms with E-state index in [1.165, 1.54) is 18.3 Å². The number of aromatic carboxylic acids is 1. The van der Waals surface area contributed by atoms with Crippen molar-refractivity contribution in [3.05, 3.63) is 83.6 Å². The van der Waals surface area contributed by atoms with Gasteiger partial charge in [0, 0.05) is 18.0 Å². The van der Waals surface area contributed by atoms with E-state index >= 15 is 0 Å². The Balaban J connectivity index is 1.43. The highest BCUT2D eigenvalue weighted by Gasteiger charge is 2.40. The van der Waals surface area contributed by atoms with E-state index in [1.807, 2.05) is 30.3 Å². The molecular weight excluding hydrogens is 398 g/mol. The van der Waals surface area contributed by atoms with Crippen LogP contribution in [0, 0.1) is 5.92 Å². The summed E-state index contributed by atoms with van der Waals surface area (Å²) >= 11 is 0. The highest BCUT2D eigenvalue weighted by molar-refractivity contribution is 6.03. The van der Waals surface area contributed by atoms with Crippen molar-refractivity contribution in [3.63, 3.8) is 0 Å². The quantitative estimate of drug-likeness (QED) is 0.356. The third kappa shape index (κ3) is 4.37. The molecule has 4 rings (SSSR count). The van der Waals surface area contributed by atoms with Gasteiger partial charge < -0.3 is 19.6 Å². The fraction of sp³-hybridized carbons (Fsp3) is 0.130. The van der Waals surface area contributed by atoms with Crippen LogP contribution in [-0.4, -0.2) is 30.5 Å². The topological polar surface area (TPSA) is 124 Å². The fourth-order valence-electron chi connectivity index (χ4n) is 3.54. The molecule has 3 aromatic rings. The van der Waals surface area contributed by atoms with Crippen LogP contribution in [-0.2, 0) is 9.59 Å². The molecule has 2 amide bonds. The first-order valence-electron chi connectivity index (χ1n) is 9.60. The molecule has 0 unspecified atom stereocenters. The lowest BCUT2D eigenvalue weighted by atomic mass is 9.88. The fourth-order valence-corrected chi connectivity index (χ4v) is 3.54. The number of carbonyl (C=O) groups excluding carboxylic acids is 3. The molecule has 1 aliphatic heterocycles. The van der Waals surface area contributed by atoms with Gasteiger partial charge in [0.1, 0.15) is 17.4 Å². The molecule has 1 aromatic heterocycles. The summed E-state index contributed by atoms with van der Waals surface area (Å²) < 4.78 is 5.63. The number of carboxylic acid groups (broad SMARTS) is 1. The van der Waals surface area contributed by atoms with Crippen LogP contribution < -0.4 is 15.8 Å². The number of furan rings is 1. The van der Waals surface area contributed by atoms with Gasteiger partial charge in [0.2, 0.25) is 5.91 Å². The van der Waals surface area contributed by atoms with Crippen molar-refractivity contribution in [1.29, 1.82) is 0 Å². The van der Waals surface area contributed by atoms with Gasteiger partial charge >= 0.3 is 0 Å². The molecule has 156 valence electrons. The third-order valence-corrected chi connectivity index (χ3v) is 5.07. The highest BCUT2D eigenvalue weighted by Crippen LogP contribution is 2.29. The average Bonchev–Trinajstić information content (AvgIpc) is 3.41. The molecule has 31 heavy (non-hydrogen) atoms. The van der Waals surface area contributed by atoms with Gasteiger partial charge in [-0.15, -0.1) is 0 Å². The Labute approximate surface area is 177 Å². The number of hydrogen-bond donors (Lipinski definition) is 2. The summed E-state index contributed by atoms with van der Waals surface area (Å²) in [6.07, 6.45) is 1.31. The summed E-state index contributed by atoms with van der Waals surface area (Å²) in [5, 5.41) is 17.6. The number of nitrogens with one attached hydrogen (secondary N) is 2. The second kappa shape index (κ2) is 8.66. The van der Waals surface area contributed by atoms with Crippen LogP contribution in [0.4, 0.5) is 0 Å². The van der Waals surface area contributed by atoms with Crippen LogP contribution in [0.1, 0.15) is 27.6 Å². The number of benzene rings is 2. The van der Waals surface area contributed by atoms with Crippen molar-refractivity contribution in [1.82, 2.24) is 10.7 Å². The lowest BCUT2D eigenvalue weighted by Crippen LogP contribution is -2.34. The Kier molecular flexibility index (Phi) is 5.61. The van der Waals surface area contributed by atoms with Crippen LogP contribution in [0.2, 0.25) is 0 Å². The summed E-state index contributed by atoms with van der Waals surface area (Å²) in [5.41, 5.74) is 3.91. The van der Waals surface area contributed by atoms with Crippen molar-refractivity contribution in [2.45, 2.75) is 5.92 Å². The number of carboxylic acids is 1. The number of rotatable bonds is 6. The van der Waals surface area contributed by atoms with Gasteiger partial charge in [0.15, 0.2) is 0 Å². The molecule has 1 aliphatic rings.